The molecule has 3 aliphatic heterocycles. The number of hydrogen-bond acceptors (Lipinski definition) is 4. The number of hydrogen-bond donors (Lipinski definition) is 0. The molecule has 5 nitrogen and oxygen atoms in total. The van der Waals surface area contributed by atoms with Crippen LogP contribution in [0.5, 0.6) is 5.75 Å². The SMILES string of the molecule is CCOc1ccccc1N1C(=O)C2C3CCC(O3)C2C1=O. The van der Waals surface area contributed by atoms with Gasteiger partial charge in [0.05, 0.1) is 36.3 Å². The van der Waals surface area contributed by atoms with Crippen LogP contribution in [-0.2, 0) is 14.3 Å². The highest BCUT2D eigenvalue weighted by molar-refractivity contribution is 6.23. The first-order chi connectivity index (χ1) is 10.2. The van der Waals surface area contributed by atoms with Crippen LogP contribution in [0, 0.1) is 11.8 Å². The Balaban J connectivity index is 1.74. The lowest BCUT2D eigenvalue weighted by Gasteiger charge is -2.20. The summed E-state index contributed by atoms with van der Waals surface area (Å²) in [6.45, 7) is 2.38. The molecule has 3 saturated heterocycles. The normalized spacial score (nSPS) is 33.7. The summed E-state index contributed by atoms with van der Waals surface area (Å²) in [6.07, 6.45) is 1.60. The average Bonchev–Trinajstić information content (AvgIpc) is 3.15. The molecule has 110 valence electrons. The van der Waals surface area contributed by atoms with Gasteiger partial charge in [0.15, 0.2) is 0 Å². The van der Waals surface area contributed by atoms with E-state index in [4.69, 9.17) is 9.47 Å². The van der Waals surface area contributed by atoms with Gasteiger partial charge in [-0.1, -0.05) is 12.1 Å². The summed E-state index contributed by atoms with van der Waals surface area (Å²) < 4.78 is 11.3. The minimum atomic E-state index is -0.300. The summed E-state index contributed by atoms with van der Waals surface area (Å²) in [6, 6.07) is 7.22. The van der Waals surface area contributed by atoms with E-state index in [1.807, 2.05) is 19.1 Å². The lowest BCUT2D eigenvalue weighted by molar-refractivity contribution is -0.124. The smallest absolute Gasteiger partial charge is 0.240 e. The monoisotopic (exact) mass is 287 g/mol. The van der Waals surface area contributed by atoms with E-state index in [2.05, 4.69) is 0 Å². The second kappa shape index (κ2) is 4.56. The van der Waals surface area contributed by atoms with Crippen LogP contribution in [0.15, 0.2) is 24.3 Å². The molecule has 0 N–H and O–H groups in total. The molecule has 0 aliphatic carbocycles. The predicted molar refractivity (Wildman–Crippen MR) is 75.0 cm³/mol. The minimum Gasteiger partial charge on any atom is -0.492 e. The first-order valence-corrected chi connectivity index (χ1v) is 7.47. The van der Waals surface area contributed by atoms with E-state index in [1.165, 1.54) is 4.90 Å². The van der Waals surface area contributed by atoms with Crippen LogP contribution in [0.25, 0.3) is 0 Å². The summed E-state index contributed by atoms with van der Waals surface area (Å²) in [5.41, 5.74) is 0.558. The lowest BCUT2D eigenvalue weighted by Crippen LogP contribution is -2.34. The van der Waals surface area contributed by atoms with E-state index in [9.17, 15) is 9.59 Å². The van der Waals surface area contributed by atoms with Crippen LogP contribution >= 0.6 is 0 Å². The number of rotatable bonds is 3. The predicted octanol–water partition coefficient (Wildman–Crippen LogP) is 1.75. The van der Waals surface area contributed by atoms with Crippen molar-refractivity contribution in [2.75, 3.05) is 11.5 Å². The van der Waals surface area contributed by atoms with Crippen molar-refractivity contribution in [2.45, 2.75) is 32.0 Å². The molecule has 2 amide bonds. The Morgan fingerprint density at radius 3 is 2.38 bits per heavy atom. The summed E-state index contributed by atoms with van der Waals surface area (Å²) in [5.74, 6) is -0.291. The Labute approximate surface area is 122 Å². The van der Waals surface area contributed by atoms with E-state index in [1.54, 1.807) is 12.1 Å². The van der Waals surface area contributed by atoms with Crippen LogP contribution in [0.4, 0.5) is 5.69 Å². The van der Waals surface area contributed by atoms with Crippen molar-refractivity contribution in [3.05, 3.63) is 24.3 Å². The molecule has 1 aromatic rings. The van der Waals surface area contributed by atoms with E-state index in [0.717, 1.165) is 12.8 Å². The molecule has 3 heterocycles. The van der Waals surface area contributed by atoms with Gasteiger partial charge in [-0.2, -0.15) is 0 Å². The summed E-state index contributed by atoms with van der Waals surface area (Å²) in [7, 11) is 0. The maximum atomic E-state index is 12.7. The molecule has 0 saturated carbocycles. The van der Waals surface area contributed by atoms with Crippen molar-refractivity contribution in [3.8, 4) is 5.75 Å². The first-order valence-electron chi connectivity index (χ1n) is 7.47. The molecule has 3 aliphatic rings. The molecule has 0 radical (unpaired) electrons. The molecule has 0 aromatic heterocycles. The molecular weight excluding hydrogens is 270 g/mol. The fourth-order valence-corrected chi connectivity index (χ4v) is 3.87. The zero-order valence-electron chi connectivity index (χ0n) is 11.8. The largest absolute Gasteiger partial charge is 0.492 e. The lowest BCUT2D eigenvalue weighted by atomic mass is 9.81. The molecule has 3 fully saturated rings. The molecule has 2 bridgehead atoms. The molecule has 4 atom stereocenters. The molecule has 4 rings (SSSR count). The zero-order valence-corrected chi connectivity index (χ0v) is 11.8. The number of carbonyl (C=O) groups is 2. The number of amides is 2. The van der Waals surface area contributed by atoms with E-state index >= 15 is 0 Å². The van der Waals surface area contributed by atoms with Crippen molar-refractivity contribution in [1.29, 1.82) is 0 Å². The highest BCUT2D eigenvalue weighted by Gasteiger charge is 2.62. The fraction of sp³-hybridized carbons (Fsp3) is 0.500. The van der Waals surface area contributed by atoms with Gasteiger partial charge >= 0.3 is 0 Å². The van der Waals surface area contributed by atoms with Crippen molar-refractivity contribution in [3.63, 3.8) is 0 Å². The molecule has 5 heteroatoms. The number of benzene rings is 1. The molecule has 0 spiro atoms. The van der Waals surface area contributed by atoms with Crippen molar-refractivity contribution in [1.82, 2.24) is 0 Å². The minimum absolute atomic E-state index is 0.0827. The molecule has 21 heavy (non-hydrogen) atoms. The van der Waals surface area contributed by atoms with Crippen molar-refractivity contribution < 1.29 is 19.1 Å². The third kappa shape index (κ3) is 1.67. The van der Waals surface area contributed by atoms with Crippen molar-refractivity contribution in [2.24, 2.45) is 11.8 Å². The Hall–Kier alpha value is -1.88. The van der Waals surface area contributed by atoms with Gasteiger partial charge in [0, 0.05) is 0 Å². The zero-order chi connectivity index (χ0) is 14.6. The average molecular weight is 287 g/mol. The number of nitrogens with zero attached hydrogens (tertiary/aromatic N) is 1. The Morgan fingerprint density at radius 1 is 1.14 bits per heavy atom. The number of anilines is 1. The van der Waals surface area contributed by atoms with Gasteiger partial charge < -0.3 is 9.47 Å². The van der Waals surface area contributed by atoms with Crippen LogP contribution in [-0.4, -0.2) is 30.6 Å². The van der Waals surface area contributed by atoms with E-state index < -0.39 is 0 Å². The molecule has 1 aromatic carbocycles. The number of ether oxygens (including phenoxy) is 2. The van der Waals surface area contributed by atoms with Crippen LogP contribution in [0.3, 0.4) is 0 Å². The Morgan fingerprint density at radius 2 is 1.76 bits per heavy atom. The maximum absolute atomic E-state index is 12.7. The summed E-state index contributed by atoms with van der Waals surface area (Å²) >= 11 is 0. The number of imide groups is 1. The highest BCUT2D eigenvalue weighted by Crippen LogP contribution is 2.50. The standard InChI is InChI=1S/C16H17NO4/c1-2-20-10-6-4-3-5-9(10)17-15(18)13-11-7-8-12(21-11)14(13)16(17)19/h3-6,11-14H,2,7-8H2,1H3. The fourth-order valence-electron chi connectivity index (χ4n) is 3.87. The van der Waals surface area contributed by atoms with E-state index in [0.29, 0.717) is 18.0 Å². The quantitative estimate of drug-likeness (QED) is 0.795. The highest BCUT2D eigenvalue weighted by atomic mass is 16.5. The third-order valence-electron chi connectivity index (χ3n) is 4.69. The molecule has 4 unspecified atom stereocenters. The topological polar surface area (TPSA) is 55.8 Å². The number of carbonyl (C=O) groups excluding carboxylic acids is 2. The summed E-state index contributed by atoms with van der Waals surface area (Å²) in [5, 5.41) is 0. The van der Waals surface area contributed by atoms with Crippen LogP contribution in [0.1, 0.15) is 19.8 Å². The van der Waals surface area contributed by atoms with Crippen LogP contribution in [0.2, 0.25) is 0 Å². The maximum Gasteiger partial charge on any atom is 0.240 e. The Kier molecular flexibility index (Phi) is 2.79. The second-order valence-corrected chi connectivity index (χ2v) is 5.75. The van der Waals surface area contributed by atoms with Gasteiger partial charge in [0.1, 0.15) is 5.75 Å². The van der Waals surface area contributed by atoms with Crippen molar-refractivity contribution >= 4 is 17.5 Å². The van der Waals surface area contributed by atoms with Gasteiger partial charge in [0.2, 0.25) is 11.8 Å². The number of para-hydroxylation sites is 2. The van der Waals surface area contributed by atoms with Gasteiger partial charge in [0.25, 0.3) is 0 Å². The number of fused-ring (bicyclic) bond motifs is 5. The summed E-state index contributed by atoms with van der Waals surface area (Å²) in [4.78, 5) is 26.7. The van der Waals surface area contributed by atoms with Gasteiger partial charge in [-0.25, -0.2) is 4.90 Å². The first kappa shape index (κ1) is 12.8. The van der Waals surface area contributed by atoms with Gasteiger partial charge in [-0.15, -0.1) is 0 Å². The third-order valence-corrected chi connectivity index (χ3v) is 4.69. The van der Waals surface area contributed by atoms with Gasteiger partial charge in [-0.3, -0.25) is 9.59 Å². The van der Waals surface area contributed by atoms with Gasteiger partial charge in [-0.05, 0) is 31.9 Å². The van der Waals surface area contributed by atoms with E-state index in [-0.39, 0.29) is 35.9 Å². The Bertz CT molecular complexity index is 586. The van der Waals surface area contributed by atoms with Crippen LogP contribution < -0.4 is 9.64 Å². The second-order valence-electron chi connectivity index (χ2n) is 5.75. The molecular formula is C16H17NO4.